The molecule has 0 bridgehead atoms. The Morgan fingerprint density at radius 2 is 2.36 bits per heavy atom. The standard InChI is InChI=1S/C12H18N8O2/c1-8-5-10(13)20(15-8)7-11(21)19-3-4-22-9(6-19)12-14-16-17-18(12)2/h5,9H,3-4,6-7,13H2,1-2H3. The summed E-state index contributed by atoms with van der Waals surface area (Å²) in [7, 11) is 1.74. The second-order valence-corrected chi connectivity index (χ2v) is 5.23. The van der Waals surface area contributed by atoms with E-state index in [2.05, 4.69) is 20.6 Å². The SMILES string of the molecule is Cc1cc(N)n(CC(=O)N2CCOC(c3nnnn3C)C2)n1. The van der Waals surface area contributed by atoms with E-state index in [1.54, 1.807) is 22.7 Å². The lowest BCUT2D eigenvalue weighted by molar-refractivity contribution is -0.140. The van der Waals surface area contributed by atoms with E-state index < -0.39 is 0 Å². The van der Waals surface area contributed by atoms with Crippen molar-refractivity contribution in [2.45, 2.75) is 19.6 Å². The Labute approximate surface area is 126 Å². The van der Waals surface area contributed by atoms with E-state index in [0.717, 1.165) is 5.69 Å². The number of hydrogen-bond acceptors (Lipinski definition) is 7. The first-order valence-electron chi connectivity index (χ1n) is 6.96. The van der Waals surface area contributed by atoms with E-state index in [4.69, 9.17) is 10.5 Å². The van der Waals surface area contributed by atoms with Crippen LogP contribution in [0, 0.1) is 6.92 Å². The van der Waals surface area contributed by atoms with Crippen LogP contribution in [-0.2, 0) is 23.1 Å². The fourth-order valence-electron chi connectivity index (χ4n) is 2.46. The van der Waals surface area contributed by atoms with Gasteiger partial charge in [-0.15, -0.1) is 5.10 Å². The van der Waals surface area contributed by atoms with Crippen molar-refractivity contribution in [3.8, 4) is 0 Å². The van der Waals surface area contributed by atoms with Crippen LogP contribution in [0.25, 0.3) is 0 Å². The Bertz CT molecular complexity index is 678. The molecule has 1 aliphatic rings. The predicted molar refractivity (Wildman–Crippen MR) is 75.4 cm³/mol. The number of rotatable bonds is 3. The monoisotopic (exact) mass is 306 g/mol. The Morgan fingerprint density at radius 3 is 3.00 bits per heavy atom. The Balaban J connectivity index is 1.68. The number of ether oxygens (including phenoxy) is 1. The number of carbonyl (C=O) groups is 1. The highest BCUT2D eigenvalue weighted by atomic mass is 16.5. The van der Waals surface area contributed by atoms with Crippen LogP contribution < -0.4 is 5.73 Å². The first kappa shape index (κ1) is 14.4. The number of carbonyl (C=O) groups excluding carboxylic acids is 1. The van der Waals surface area contributed by atoms with Crippen LogP contribution in [0.5, 0.6) is 0 Å². The summed E-state index contributed by atoms with van der Waals surface area (Å²) >= 11 is 0. The van der Waals surface area contributed by atoms with E-state index in [-0.39, 0.29) is 18.6 Å². The van der Waals surface area contributed by atoms with Crippen LogP contribution in [0.1, 0.15) is 17.6 Å². The van der Waals surface area contributed by atoms with E-state index in [1.807, 2.05) is 6.92 Å². The van der Waals surface area contributed by atoms with Gasteiger partial charge in [-0.1, -0.05) is 0 Å². The molecule has 0 aromatic carbocycles. The first-order chi connectivity index (χ1) is 10.5. The molecule has 0 spiro atoms. The molecule has 3 rings (SSSR count). The highest BCUT2D eigenvalue weighted by molar-refractivity contribution is 5.76. The van der Waals surface area contributed by atoms with Crippen molar-refractivity contribution >= 4 is 11.7 Å². The molecule has 1 amide bonds. The summed E-state index contributed by atoms with van der Waals surface area (Å²) in [5.41, 5.74) is 6.61. The predicted octanol–water partition coefficient (Wildman–Crippen LogP) is -1.10. The molecule has 22 heavy (non-hydrogen) atoms. The normalized spacial score (nSPS) is 18.6. The van der Waals surface area contributed by atoms with Crippen molar-refractivity contribution in [2.75, 3.05) is 25.4 Å². The van der Waals surface area contributed by atoms with Gasteiger partial charge < -0.3 is 15.4 Å². The molecular formula is C12H18N8O2. The fraction of sp³-hybridized carbons (Fsp3) is 0.583. The molecule has 0 radical (unpaired) electrons. The molecule has 3 heterocycles. The second-order valence-electron chi connectivity index (χ2n) is 5.23. The van der Waals surface area contributed by atoms with Gasteiger partial charge in [-0.05, 0) is 17.4 Å². The summed E-state index contributed by atoms with van der Waals surface area (Å²) < 4.78 is 8.71. The first-order valence-corrected chi connectivity index (χ1v) is 6.96. The molecule has 1 saturated heterocycles. The molecule has 2 aromatic rings. The second kappa shape index (κ2) is 5.72. The number of amides is 1. The summed E-state index contributed by atoms with van der Waals surface area (Å²) in [6.07, 6.45) is -0.325. The molecule has 0 saturated carbocycles. The van der Waals surface area contributed by atoms with Gasteiger partial charge in [-0.25, -0.2) is 9.36 Å². The number of aryl methyl sites for hydroxylation is 2. The number of hydrogen-bond donors (Lipinski definition) is 1. The van der Waals surface area contributed by atoms with Gasteiger partial charge >= 0.3 is 0 Å². The molecule has 1 atom stereocenters. The summed E-state index contributed by atoms with van der Waals surface area (Å²) in [6, 6.07) is 1.74. The van der Waals surface area contributed by atoms with Crippen LogP contribution >= 0.6 is 0 Å². The van der Waals surface area contributed by atoms with E-state index in [1.165, 1.54) is 4.68 Å². The zero-order valence-corrected chi connectivity index (χ0v) is 12.5. The van der Waals surface area contributed by atoms with Crippen LogP contribution in [0.4, 0.5) is 5.82 Å². The highest BCUT2D eigenvalue weighted by Gasteiger charge is 2.29. The summed E-state index contributed by atoms with van der Waals surface area (Å²) in [5.74, 6) is 1.03. The maximum Gasteiger partial charge on any atom is 0.244 e. The van der Waals surface area contributed by atoms with Gasteiger partial charge in [0.2, 0.25) is 5.91 Å². The fourth-order valence-corrected chi connectivity index (χ4v) is 2.46. The van der Waals surface area contributed by atoms with Gasteiger partial charge in [0.15, 0.2) is 5.82 Å². The summed E-state index contributed by atoms with van der Waals surface area (Å²) in [5, 5.41) is 15.5. The number of aromatic nitrogens is 6. The number of morpholine rings is 1. The molecule has 1 fully saturated rings. The van der Waals surface area contributed by atoms with Gasteiger partial charge in [-0.3, -0.25) is 4.79 Å². The summed E-state index contributed by atoms with van der Waals surface area (Å²) in [4.78, 5) is 14.1. The minimum atomic E-state index is -0.325. The minimum absolute atomic E-state index is 0.0572. The molecule has 0 aliphatic carbocycles. The zero-order valence-electron chi connectivity index (χ0n) is 12.5. The van der Waals surface area contributed by atoms with Crippen LogP contribution in [-0.4, -0.2) is 60.5 Å². The lowest BCUT2D eigenvalue weighted by Gasteiger charge is -2.32. The zero-order chi connectivity index (χ0) is 15.7. The van der Waals surface area contributed by atoms with Crippen molar-refractivity contribution in [3.05, 3.63) is 17.6 Å². The largest absolute Gasteiger partial charge is 0.384 e. The van der Waals surface area contributed by atoms with Crippen molar-refractivity contribution < 1.29 is 9.53 Å². The molecule has 2 N–H and O–H groups in total. The van der Waals surface area contributed by atoms with Crippen LogP contribution in [0.2, 0.25) is 0 Å². The molecule has 2 aromatic heterocycles. The smallest absolute Gasteiger partial charge is 0.244 e. The van der Waals surface area contributed by atoms with E-state index in [9.17, 15) is 4.79 Å². The van der Waals surface area contributed by atoms with Gasteiger partial charge in [0.05, 0.1) is 18.8 Å². The van der Waals surface area contributed by atoms with Gasteiger partial charge in [0.25, 0.3) is 0 Å². The van der Waals surface area contributed by atoms with Crippen molar-refractivity contribution in [2.24, 2.45) is 7.05 Å². The third-order valence-corrected chi connectivity index (χ3v) is 3.58. The molecule has 1 unspecified atom stereocenters. The third-order valence-electron chi connectivity index (χ3n) is 3.58. The van der Waals surface area contributed by atoms with Gasteiger partial charge in [0.1, 0.15) is 18.5 Å². The molecule has 10 nitrogen and oxygen atoms in total. The molecular weight excluding hydrogens is 288 g/mol. The van der Waals surface area contributed by atoms with Crippen LogP contribution in [0.15, 0.2) is 6.07 Å². The number of nitrogen functional groups attached to an aromatic ring is 1. The lowest BCUT2D eigenvalue weighted by Crippen LogP contribution is -2.44. The van der Waals surface area contributed by atoms with Crippen molar-refractivity contribution in [3.63, 3.8) is 0 Å². The maximum absolute atomic E-state index is 12.4. The molecule has 1 aliphatic heterocycles. The number of nitrogens with zero attached hydrogens (tertiary/aromatic N) is 7. The van der Waals surface area contributed by atoms with E-state index in [0.29, 0.717) is 31.3 Å². The Hall–Kier alpha value is -2.49. The van der Waals surface area contributed by atoms with Crippen LogP contribution in [0.3, 0.4) is 0 Å². The number of anilines is 1. The van der Waals surface area contributed by atoms with Crippen molar-refractivity contribution in [1.82, 2.24) is 34.9 Å². The number of nitrogens with two attached hydrogens (primary N) is 1. The average Bonchev–Trinajstić information content (AvgIpc) is 3.05. The Morgan fingerprint density at radius 1 is 1.55 bits per heavy atom. The Kier molecular flexibility index (Phi) is 3.75. The van der Waals surface area contributed by atoms with E-state index >= 15 is 0 Å². The number of tetrazole rings is 1. The maximum atomic E-state index is 12.4. The molecule has 10 heteroatoms. The third kappa shape index (κ3) is 2.77. The quantitative estimate of drug-likeness (QED) is 0.764. The molecule has 118 valence electrons. The van der Waals surface area contributed by atoms with Gasteiger partial charge in [-0.2, -0.15) is 5.10 Å². The lowest BCUT2D eigenvalue weighted by atomic mass is 10.2. The topological polar surface area (TPSA) is 117 Å². The minimum Gasteiger partial charge on any atom is -0.384 e. The summed E-state index contributed by atoms with van der Waals surface area (Å²) in [6.45, 7) is 3.33. The average molecular weight is 306 g/mol. The van der Waals surface area contributed by atoms with Crippen molar-refractivity contribution in [1.29, 1.82) is 0 Å². The highest BCUT2D eigenvalue weighted by Crippen LogP contribution is 2.19. The van der Waals surface area contributed by atoms with Gasteiger partial charge in [0, 0.05) is 19.7 Å².